The number of aromatic nitrogens is 2. The Bertz CT molecular complexity index is 326. The van der Waals surface area contributed by atoms with E-state index in [0.29, 0.717) is 6.10 Å². The molecule has 6 heteroatoms. The lowest BCUT2D eigenvalue weighted by molar-refractivity contribution is 0.0481. The summed E-state index contributed by atoms with van der Waals surface area (Å²) in [7, 11) is 0. The zero-order valence-corrected chi connectivity index (χ0v) is 11.8. The molecule has 2 heterocycles. The van der Waals surface area contributed by atoms with Gasteiger partial charge in [0.2, 0.25) is 5.13 Å². The molecular formula is C10H16BrN3OS. The van der Waals surface area contributed by atoms with Crippen molar-refractivity contribution < 1.29 is 4.74 Å². The van der Waals surface area contributed by atoms with Crippen LogP contribution in [-0.2, 0) is 4.74 Å². The van der Waals surface area contributed by atoms with Gasteiger partial charge in [0.25, 0.3) is 0 Å². The summed E-state index contributed by atoms with van der Waals surface area (Å²) < 4.78 is 5.72. The zero-order chi connectivity index (χ0) is 11.4. The highest BCUT2D eigenvalue weighted by Crippen LogP contribution is 2.24. The molecule has 0 radical (unpaired) electrons. The predicted octanol–water partition coefficient (Wildman–Crippen LogP) is 2.23. The Balaban J connectivity index is 1.81. The van der Waals surface area contributed by atoms with Crippen LogP contribution in [-0.4, -0.2) is 41.3 Å². The van der Waals surface area contributed by atoms with E-state index in [-0.39, 0.29) is 0 Å². The van der Waals surface area contributed by atoms with E-state index in [2.05, 4.69) is 31.0 Å². The van der Waals surface area contributed by atoms with Crippen molar-refractivity contribution in [3.63, 3.8) is 0 Å². The molecule has 0 aromatic carbocycles. The number of rotatable bonds is 4. The second-order valence-corrected chi connectivity index (χ2v) is 5.80. The van der Waals surface area contributed by atoms with Crippen molar-refractivity contribution in [2.75, 3.05) is 29.9 Å². The quantitative estimate of drug-likeness (QED) is 0.800. The third-order valence-electron chi connectivity index (χ3n) is 2.66. The molecule has 0 N–H and O–H groups in total. The Labute approximate surface area is 108 Å². The van der Waals surface area contributed by atoms with Gasteiger partial charge in [-0.15, -0.1) is 10.2 Å². The summed E-state index contributed by atoms with van der Waals surface area (Å²) in [5.74, 6) is 0. The Kier molecular flexibility index (Phi) is 4.55. The second-order valence-electron chi connectivity index (χ2n) is 3.85. The monoisotopic (exact) mass is 305 g/mol. The highest BCUT2D eigenvalue weighted by molar-refractivity contribution is 9.09. The number of alkyl halides is 1. The number of nitrogens with zero attached hydrogens (tertiary/aromatic N) is 3. The molecule has 0 amide bonds. The number of hydrogen-bond acceptors (Lipinski definition) is 5. The van der Waals surface area contributed by atoms with E-state index < -0.39 is 0 Å². The van der Waals surface area contributed by atoms with Gasteiger partial charge in [-0.05, 0) is 19.8 Å². The smallest absolute Gasteiger partial charge is 0.208 e. The fourth-order valence-corrected chi connectivity index (χ4v) is 2.76. The number of ether oxygens (including phenoxy) is 1. The SMILES string of the molecule is Cc1nnc(N2CCC(OCCBr)CC2)s1. The molecular weight excluding hydrogens is 290 g/mol. The summed E-state index contributed by atoms with van der Waals surface area (Å²) in [6.07, 6.45) is 2.60. The van der Waals surface area contributed by atoms with Crippen LogP contribution in [0.3, 0.4) is 0 Å². The van der Waals surface area contributed by atoms with Crippen molar-refractivity contribution in [1.82, 2.24) is 10.2 Å². The highest BCUT2D eigenvalue weighted by atomic mass is 79.9. The van der Waals surface area contributed by atoms with Gasteiger partial charge < -0.3 is 9.64 Å². The Morgan fingerprint density at radius 2 is 2.19 bits per heavy atom. The van der Waals surface area contributed by atoms with Crippen LogP contribution in [0.5, 0.6) is 0 Å². The molecule has 1 aromatic heterocycles. The van der Waals surface area contributed by atoms with Gasteiger partial charge in [-0.25, -0.2) is 0 Å². The topological polar surface area (TPSA) is 38.2 Å². The van der Waals surface area contributed by atoms with E-state index in [1.807, 2.05) is 6.92 Å². The molecule has 0 atom stereocenters. The first-order valence-corrected chi connectivity index (χ1v) is 7.46. The number of hydrogen-bond donors (Lipinski definition) is 0. The number of piperidine rings is 1. The minimum atomic E-state index is 0.419. The number of halogens is 1. The summed E-state index contributed by atoms with van der Waals surface area (Å²) >= 11 is 5.04. The minimum Gasteiger partial charge on any atom is -0.377 e. The van der Waals surface area contributed by atoms with Crippen LogP contribution in [0.15, 0.2) is 0 Å². The maximum absolute atomic E-state index is 5.72. The normalized spacial score (nSPS) is 18.0. The van der Waals surface area contributed by atoms with E-state index in [0.717, 1.165) is 48.0 Å². The molecule has 1 aromatic rings. The first-order chi connectivity index (χ1) is 7.79. The second kappa shape index (κ2) is 5.93. The third-order valence-corrected chi connectivity index (χ3v) is 3.88. The molecule has 1 saturated heterocycles. The number of anilines is 1. The van der Waals surface area contributed by atoms with Gasteiger partial charge in [0, 0.05) is 18.4 Å². The van der Waals surface area contributed by atoms with Crippen LogP contribution in [0.4, 0.5) is 5.13 Å². The highest BCUT2D eigenvalue weighted by Gasteiger charge is 2.21. The molecule has 4 nitrogen and oxygen atoms in total. The van der Waals surface area contributed by atoms with Crippen molar-refractivity contribution in [3.8, 4) is 0 Å². The Morgan fingerprint density at radius 3 is 2.75 bits per heavy atom. The van der Waals surface area contributed by atoms with Gasteiger partial charge in [-0.3, -0.25) is 0 Å². The van der Waals surface area contributed by atoms with Gasteiger partial charge in [0.15, 0.2) is 0 Å². The van der Waals surface area contributed by atoms with Crippen molar-refractivity contribution in [1.29, 1.82) is 0 Å². The van der Waals surface area contributed by atoms with Gasteiger partial charge in [0.05, 0.1) is 12.7 Å². The lowest BCUT2D eigenvalue weighted by Crippen LogP contribution is -2.37. The molecule has 0 unspecified atom stereocenters. The van der Waals surface area contributed by atoms with Gasteiger partial charge in [-0.2, -0.15) is 0 Å². The molecule has 0 saturated carbocycles. The average Bonchev–Trinajstić information content (AvgIpc) is 2.74. The maximum atomic E-state index is 5.72. The lowest BCUT2D eigenvalue weighted by Gasteiger charge is -2.31. The van der Waals surface area contributed by atoms with Crippen molar-refractivity contribution in [3.05, 3.63) is 5.01 Å². The molecule has 0 bridgehead atoms. The molecule has 2 rings (SSSR count). The Hall–Kier alpha value is -0.200. The van der Waals surface area contributed by atoms with Gasteiger partial charge >= 0.3 is 0 Å². The van der Waals surface area contributed by atoms with E-state index in [1.54, 1.807) is 11.3 Å². The fourth-order valence-electron chi connectivity index (χ4n) is 1.84. The predicted molar refractivity (Wildman–Crippen MR) is 69.6 cm³/mol. The van der Waals surface area contributed by atoms with E-state index in [1.165, 1.54) is 0 Å². The van der Waals surface area contributed by atoms with E-state index in [4.69, 9.17) is 4.74 Å². The van der Waals surface area contributed by atoms with Crippen LogP contribution >= 0.6 is 27.3 Å². The molecule has 1 fully saturated rings. The molecule has 0 aliphatic carbocycles. The van der Waals surface area contributed by atoms with Crippen molar-refractivity contribution >= 4 is 32.4 Å². The zero-order valence-electron chi connectivity index (χ0n) is 9.36. The third kappa shape index (κ3) is 3.15. The van der Waals surface area contributed by atoms with Crippen LogP contribution in [0.2, 0.25) is 0 Å². The summed E-state index contributed by atoms with van der Waals surface area (Å²) in [4.78, 5) is 2.30. The number of aryl methyl sites for hydroxylation is 1. The summed E-state index contributed by atoms with van der Waals surface area (Å²) in [6.45, 7) is 4.86. The van der Waals surface area contributed by atoms with Crippen LogP contribution < -0.4 is 4.90 Å². The van der Waals surface area contributed by atoms with E-state index >= 15 is 0 Å². The van der Waals surface area contributed by atoms with Crippen molar-refractivity contribution in [2.24, 2.45) is 0 Å². The average molecular weight is 306 g/mol. The fraction of sp³-hybridized carbons (Fsp3) is 0.800. The van der Waals surface area contributed by atoms with Gasteiger partial charge in [0.1, 0.15) is 5.01 Å². The van der Waals surface area contributed by atoms with Crippen LogP contribution in [0.1, 0.15) is 17.8 Å². The molecule has 0 spiro atoms. The summed E-state index contributed by atoms with van der Waals surface area (Å²) in [5.41, 5.74) is 0. The summed E-state index contributed by atoms with van der Waals surface area (Å²) in [6, 6.07) is 0. The Morgan fingerprint density at radius 1 is 1.44 bits per heavy atom. The minimum absolute atomic E-state index is 0.419. The molecule has 16 heavy (non-hydrogen) atoms. The maximum Gasteiger partial charge on any atom is 0.208 e. The lowest BCUT2D eigenvalue weighted by atomic mass is 10.1. The van der Waals surface area contributed by atoms with Crippen LogP contribution in [0, 0.1) is 6.92 Å². The standard InChI is InChI=1S/C10H16BrN3OS/c1-8-12-13-10(16-8)14-5-2-9(3-6-14)15-7-4-11/h9H,2-7H2,1H3. The van der Waals surface area contributed by atoms with Crippen LogP contribution in [0.25, 0.3) is 0 Å². The molecule has 1 aliphatic rings. The first kappa shape index (κ1) is 12.3. The van der Waals surface area contributed by atoms with E-state index in [9.17, 15) is 0 Å². The molecule has 1 aliphatic heterocycles. The van der Waals surface area contributed by atoms with Crippen molar-refractivity contribution in [2.45, 2.75) is 25.9 Å². The first-order valence-electron chi connectivity index (χ1n) is 5.52. The van der Waals surface area contributed by atoms with Gasteiger partial charge in [-0.1, -0.05) is 27.3 Å². The molecule has 90 valence electrons. The summed E-state index contributed by atoms with van der Waals surface area (Å²) in [5, 5.41) is 11.2. The largest absolute Gasteiger partial charge is 0.377 e.